The van der Waals surface area contributed by atoms with Gasteiger partial charge in [0.15, 0.2) is 0 Å². The lowest BCUT2D eigenvalue weighted by molar-refractivity contribution is 0.140. The van der Waals surface area contributed by atoms with Crippen LogP contribution in [0, 0.1) is 5.92 Å². The van der Waals surface area contributed by atoms with Crippen molar-refractivity contribution in [2.24, 2.45) is 5.92 Å². The van der Waals surface area contributed by atoms with Crippen LogP contribution in [0.1, 0.15) is 27.2 Å². The summed E-state index contributed by atoms with van der Waals surface area (Å²) >= 11 is 0. The van der Waals surface area contributed by atoms with Crippen LogP contribution in [0.25, 0.3) is 0 Å². The standard InChI is InChI=1S/C13H29N3O2S/c1-12(2)11-14-6-5-13(3)15-7-9-16(10-8-15)19(4,17)18/h12-14H,5-11H2,1-4H3. The van der Waals surface area contributed by atoms with Gasteiger partial charge in [-0.2, -0.15) is 4.31 Å². The molecule has 114 valence electrons. The Morgan fingerprint density at radius 3 is 2.16 bits per heavy atom. The molecule has 1 N–H and O–H groups in total. The molecule has 1 atom stereocenters. The molecule has 5 nitrogen and oxygen atoms in total. The second-order valence-corrected chi connectivity index (χ2v) is 7.92. The van der Waals surface area contributed by atoms with Crippen molar-refractivity contribution in [1.29, 1.82) is 0 Å². The van der Waals surface area contributed by atoms with Gasteiger partial charge in [0.2, 0.25) is 10.0 Å². The van der Waals surface area contributed by atoms with Gasteiger partial charge in [-0.3, -0.25) is 4.90 Å². The molecule has 0 spiro atoms. The summed E-state index contributed by atoms with van der Waals surface area (Å²) in [5, 5.41) is 3.45. The first-order valence-electron chi connectivity index (χ1n) is 7.20. The van der Waals surface area contributed by atoms with Gasteiger partial charge in [0.1, 0.15) is 0 Å². The van der Waals surface area contributed by atoms with Gasteiger partial charge >= 0.3 is 0 Å². The predicted molar refractivity (Wildman–Crippen MR) is 79.8 cm³/mol. The number of sulfonamides is 1. The fraction of sp³-hybridized carbons (Fsp3) is 1.00. The van der Waals surface area contributed by atoms with Gasteiger partial charge in [-0.25, -0.2) is 8.42 Å². The lowest BCUT2D eigenvalue weighted by Crippen LogP contribution is -2.51. The molecule has 1 rings (SSSR count). The Balaban J connectivity index is 2.23. The summed E-state index contributed by atoms with van der Waals surface area (Å²) in [6.07, 6.45) is 2.41. The highest BCUT2D eigenvalue weighted by Gasteiger charge is 2.25. The molecule has 0 bridgehead atoms. The maximum atomic E-state index is 11.4. The summed E-state index contributed by atoms with van der Waals surface area (Å²) in [7, 11) is -3.01. The van der Waals surface area contributed by atoms with Gasteiger partial charge in [0.25, 0.3) is 0 Å². The van der Waals surface area contributed by atoms with Crippen LogP contribution in [0.2, 0.25) is 0 Å². The number of hydrogen-bond acceptors (Lipinski definition) is 4. The van der Waals surface area contributed by atoms with E-state index in [4.69, 9.17) is 0 Å². The minimum Gasteiger partial charge on any atom is -0.316 e. The second-order valence-electron chi connectivity index (χ2n) is 5.93. The van der Waals surface area contributed by atoms with Crippen LogP contribution >= 0.6 is 0 Å². The van der Waals surface area contributed by atoms with Crippen molar-refractivity contribution in [1.82, 2.24) is 14.5 Å². The molecule has 1 unspecified atom stereocenters. The molecule has 1 heterocycles. The zero-order valence-corrected chi connectivity index (χ0v) is 13.5. The maximum Gasteiger partial charge on any atom is 0.211 e. The Labute approximate surface area is 118 Å². The lowest BCUT2D eigenvalue weighted by atomic mass is 10.1. The minimum atomic E-state index is -3.01. The Kier molecular flexibility index (Phi) is 6.73. The highest BCUT2D eigenvalue weighted by Crippen LogP contribution is 2.10. The van der Waals surface area contributed by atoms with E-state index < -0.39 is 10.0 Å². The fourth-order valence-corrected chi connectivity index (χ4v) is 3.19. The van der Waals surface area contributed by atoms with Gasteiger partial charge in [-0.05, 0) is 32.4 Å². The van der Waals surface area contributed by atoms with Crippen molar-refractivity contribution >= 4 is 10.0 Å². The van der Waals surface area contributed by atoms with Crippen molar-refractivity contribution in [3.8, 4) is 0 Å². The van der Waals surface area contributed by atoms with E-state index in [1.54, 1.807) is 4.31 Å². The molecule has 19 heavy (non-hydrogen) atoms. The predicted octanol–water partition coefficient (Wildman–Crippen LogP) is 0.588. The highest BCUT2D eigenvalue weighted by atomic mass is 32.2. The highest BCUT2D eigenvalue weighted by molar-refractivity contribution is 7.88. The molecular formula is C13H29N3O2S. The van der Waals surface area contributed by atoms with E-state index >= 15 is 0 Å². The third kappa shape index (κ3) is 6.21. The van der Waals surface area contributed by atoms with Gasteiger partial charge in [0, 0.05) is 32.2 Å². The lowest BCUT2D eigenvalue weighted by Gasteiger charge is -2.37. The van der Waals surface area contributed by atoms with Gasteiger partial charge in [-0.15, -0.1) is 0 Å². The molecule has 1 aliphatic rings. The summed E-state index contributed by atoms with van der Waals surface area (Å²) in [5.74, 6) is 0.689. The third-order valence-electron chi connectivity index (χ3n) is 3.66. The molecule has 1 aliphatic heterocycles. The van der Waals surface area contributed by atoms with Gasteiger partial charge in [-0.1, -0.05) is 13.8 Å². The van der Waals surface area contributed by atoms with E-state index in [2.05, 4.69) is 31.0 Å². The zero-order chi connectivity index (χ0) is 14.5. The zero-order valence-electron chi connectivity index (χ0n) is 12.7. The van der Waals surface area contributed by atoms with Gasteiger partial charge in [0.05, 0.1) is 6.26 Å². The Hall–Kier alpha value is -0.170. The van der Waals surface area contributed by atoms with Crippen LogP contribution in [0.5, 0.6) is 0 Å². The van der Waals surface area contributed by atoms with Crippen LogP contribution in [-0.2, 0) is 10.0 Å². The molecule has 0 aromatic carbocycles. The third-order valence-corrected chi connectivity index (χ3v) is 4.96. The average Bonchev–Trinajstić information content (AvgIpc) is 2.33. The van der Waals surface area contributed by atoms with Crippen LogP contribution in [0.4, 0.5) is 0 Å². The summed E-state index contributed by atoms with van der Waals surface area (Å²) in [6, 6.07) is 0.515. The molecule has 0 aromatic heterocycles. The average molecular weight is 291 g/mol. The molecule has 0 amide bonds. The smallest absolute Gasteiger partial charge is 0.211 e. The number of rotatable bonds is 7. The second kappa shape index (κ2) is 7.57. The van der Waals surface area contributed by atoms with E-state index in [-0.39, 0.29) is 0 Å². The van der Waals surface area contributed by atoms with Crippen molar-refractivity contribution in [2.75, 3.05) is 45.5 Å². The van der Waals surface area contributed by atoms with Crippen LogP contribution in [-0.4, -0.2) is 69.2 Å². The Morgan fingerprint density at radius 2 is 1.68 bits per heavy atom. The van der Waals surface area contributed by atoms with Crippen molar-refractivity contribution < 1.29 is 8.42 Å². The summed E-state index contributed by atoms with van der Waals surface area (Å²) in [5.41, 5.74) is 0. The molecule has 0 saturated carbocycles. The molecule has 1 saturated heterocycles. The largest absolute Gasteiger partial charge is 0.316 e. The number of hydrogen-bond donors (Lipinski definition) is 1. The first kappa shape index (κ1) is 16.9. The molecule has 6 heteroatoms. The van der Waals surface area contributed by atoms with E-state index in [0.717, 1.165) is 32.6 Å². The SMILES string of the molecule is CC(C)CNCCC(C)N1CCN(S(C)(=O)=O)CC1. The number of nitrogens with zero attached hydrogens (tertiary/aromatic N) is 2. The molecule has 0 aliphatic carbocycles. The monoisotopic (exact) mass is 291 g/mol. The number of piperazine rings is 1. The van der Waals surface area contributed by atoms with E-state index in [1.807, 2.05) is 0 Å². The van der Waals surface area contributed by atoms with Crippen molar-refractivity contribution in [2.45, 2.75) is 33.2 Å². The molecular weight excluding hydrogens is 262 g/mol. The first-order valence-corrected chi connectivity index (χ1v) is 9.05. The van der Waals surface area contributed by atoms with Crippen LogP contribution in [0.3, 0.4) is 0 Å². The Bertz CT molecular complexity index is 349. The topological polar surface area (TPSA) is 52.6 Å². The van der Waals surface area contributed by atoms with E-state index in [0.29, 0.717) is 25.0 Å². The van der Waals surface area contributed by atoms with E-state index in [1.165, 1.54) is 6.26 Å². The van der Waals surface area contributed by atoms with Gasteiger partial charge < -0.3 is 5.32 Å². The fourth-order valence-electron chi connectivity index (χ4n) is 2.36. The first-order chi connectivity index (χ1) is 8.80. The summed E-state index contributed by atoms with van der Waals surface area (Å²) < 4.78 is 24.4. The molecule has 1 fully saturated rings. The summed E-state index contributed by atoms with van der Waals surface area (Å²) in [4.78, 5) is 2.39. The van der Waals surface area contributed by atoms with Crippen molar-refractivity contribution in [3.63, 3.8) is 0 Å². The maximum absolute atomic E-state index is 11.4. The van der Waals surface area contributed by atoms with Crippen LogP contribution < -0.4 is 5.32 Å². The van der Waals surface area contributed by atoms with E-state index in [9.17, 15) is 8.42 Å². The van der Waals surface area contributed by atoms with Crippen LogP contribution in [0.15, 0.2) is 0 Å². The molecule has 0 radical (unpaired) electrons. The molecule has 0 aromatic rings. The summed E-state index contributed by atoms with van der Waals surface area (Å²) in [6.45, 7) is 11.7. The Morgan fingerprint density at radius 1 is 1.11 bits per heavy atom. The van der Waals surface area contributed by atoms with Crippen molar-refractivity contribution in [3.05, 3.63) is 0 Å². The normalized spacial score (nSPS) is 20.9. The number of nitrogens with one attached hydrogen (secondary N) is 1. The quantitative estimate of drug-likeness (QED) is 0.698. The minimum absolute atomic E-state index is 0.515.